The van der Waals surface area contributed by atoms with Crippen LogP contribution >= 0.6 is 0 Å². The van der Waals surface area contributed by atoms with E-state index in [0.717, 1.165) is 38.4 Å². The number of benzene rings is 1. The molecule has 48 heavy (non-hydrogen) atoms. The van der Waals surface area contributed by atoms with Crippen LogP contribution < -0.4 is 10.2 Å². The number of piperidine rings is 1. The molecule has 13 heteroatoms. The first-order valence-electron chi connectivity index (χ1n) is 16.4. The van der Waals surface area contributed by atoms with E-state index in [1.807, 2.05) is 54.7 Å². The SMILES string of the molecule is C=CC=C(C)C.CC.CNC1CCN(c2ncc(-c3noc(COC4CCN(C(=O)OC(C)C)CC4)n3)cn2)C1.Fc1cccc(F)c1. The third-order valence-corrected chi connectivity index (χ3v) is 6.96. The molecule has 2 fully saturated rings. The topological polar surface area (TPSA) is 119 Å². The van der Waals surface area contributed by atoms with Gasteiger partial charge in [0.25, 0.3) is 5.89 Å². The summed E-state index contributed by atoms with van der Waals surface area (Å²) in [6.07, 6.45) is 9.43. The summed E-state index contributed by atoms with van der Waals surface area (Å²) in [6.45, 7) is 18.6. The van der Waals surface area contributed by atoms with Crippen LogP contribution in [0.1, 0.15) is 66.7 Å². The molecule has 2 aromatic heterocycles. The number of halogens is 2. The van der Waals surface area contributed by atoms with Gasteiger partial charge < -0.3 is 29.1 Å². The molecule has 0 radical (unpaired) electrons. The second-order valence-electron chi connectivity index (χ2n) is 11.4. The number of nitrogens with one attached hydrogen (secondary N) is 1. The molecule has 1 atom stereocenters. The average Bonchev–Trinajstić information content (AvgIpc) is 3.76. The fourth-order valence-electron chi connectivity index (χ4n) is 4.57. The number of amides is 1. The number of ether oxygens (including phenoxy) is 2. The van der Waals surface area contributed by atoms with Crippen molar-refractivity contribution in [2.45, 2.75) is 85.7 Å². The van der Waals surface area contributed by atoms with Crippen LogP contribution in [0, 0.1) is 11.6 Å². The van der Waals surface area contributed by atoms with E-state index in [4.69, 9.17) is 14.0 Å². The Labute approximate surface area is 283 Å². The van der Waals surface area contributed by atoms with Crippen LogP contribution in [0.3, 0.4) is 0 Å². The lowest BCUT2D eigenvalue weighted by molar-refractivity contribution is -0.0147. The molecule has 1 unspecified atom stereocenters. The van der Waals surface area contributed by atoms with Crippen molar-refractivity contribution < 1.29 is 27.6 Å². The van der Waals surface area contributed by atoms with E-state index in [1.54, 1.807) is 23.4 Å². The smallest absolute Gasteiger partial charge is 0.410 e. The lowest BCUT2D eigenvalue weighted by Gasteiger charge is -2.31. The first-order chi connectivity index (χ1) is 23.1. The van der Waals surface area contributed by atoms with Crippen molar-refractivity contribution >= 4 is 12.0 Å². The Kier molecular flexibility index (Phi) is 18.0. The number of hydrogen-bond donors (Lipinski definition) is 1. The molecule has 0 aliphatic carbocycles. The van der Waals surface area contributed by atoms with Crippen molar-refractivity contribution in [2.75, 3.05) is 38.1 Å². The molecule has 264 valence electrons. The Morgan fingerprint density at radius 1 is 1.10 bits per heavy atom. The number of likely N-dealkylation sites (N-methyl/N-ethyl adjacent to an activating group) is 1. The third-order valence-electron chi connectivity index (χ3n) is 6.96. The highest BCUT2D eigenvalue weighted by Gasteiger charge is 2.26. The Hall–Kier alpha value is -4.23. The zero-order chi connectivity index (χ0) is 35.5. The van der Waals surface area contributed by atoms with E-state index in [9.17, 15) is 13.6 Å². The Morgan fingerprint density at radius 2 is 1.75 bits per heavy atom. The van der Waals surface area contributed by atoms with Crippen molar-refractivity contribution in [3.05, 3.63) is 78.5 Å². The lowest BCUT2D eigenvalue weighted by Crippen LogP contribution is -2.41. The van der Waals surface area contributed by atoms with Crippen molar-refractivity contribution in [1.82, 2.24) is 30.3 Å². The second kappa shape index (κ2) is 21.6. The van der Waals surface area contributed by atoms with E-state index < -0.39 is 11.6 Å². The van der Waals surface area contributed by atoms with Crippen molar-refractivity contribution in [2.24, 2.45) is 0 Å². The summed E-state index contributed by atoms with van der Waals surface area (Å²) in [5, 5.41) is 7.31. The van der Waals surface area contributed by atoms with Gasteiger partial charge in [-0.25, -0.2) is 23.5 Å². The molecule has 1 N–H and O–H groups in total. The van der Waals surface area contributed by atoms with Crippen LogP contribution in [-0.4, -0.2) is 82.6 Å². The molecule has 4 heterocycles. The molecule has 0 bridgehead atoms. The Bertz CT molecular complexity index is 1370. The van der Waals surface area contributed by atoms with Crippen LogP contribution in [0.25, 0.3) is 11.4 Å². The number of allylic oxidation sites excluding steroid dienone is 3. The third kappa shape index (κ3) is 14.3. The fourth-order valence-corrected chi connectivity index (χ4v) is 4.57. The summed E-state index contributed by atoms with van der Waals surface area (Å²) in [6, 6.07) is 5.02. The first kappa shape index (κ1) is 39.9. The van der Waals surface area contributed by atoms with Gasteiger partial charge in [-0.1, -0.05) is 49.4 Å². The van der Waals surface area contributed by atoms with Gasteiger partial charge in [0.2, 0.25) is 11.8 Å². The first-order valence-corrected chi connectivity index (χ1v) is 16.4. The predicted molar refractivity (Wildman–Crippen MR) is 183 cm³/mol. The minimum absolute atomic E-state index is 0.0398. The van der Waals surface area contributed by atoms with Gasteiger partial charge in [0.15, 0.2) is 0 Å². The van der Waals surface area contributed by atoms with E-state index in [2.05, 4.69) is 36.9 Å². The van der Waals surface area contributed by atoms with E-state index >= 15 is 0 Å². The molecule has 1 amide bonds. The van der Waals surface area contributed by atoms with Crippen LogP contribution in [0.2, 0.25) is 0 Å². The van der Waals surface area contributed by atoms with Crippen molar-refractivity contribution in [3.63, 3.8) is 0 Å². The number of carbonyl (C=O) groups is 1. The maximum Gasteiger partial charge on any atom is 0.410 e. The molecule has 0 spiro atoms. The minimum atomic E-state index is -0.537. The molecule has 5 rings (SSSR count). The number of aromatic nitrogens is 4. The quantitative estimate of drug-likeness (QED) is 0.251. The average molecular weight is 672 g/mol. The number of hydrogen-bond acceptors (Lipinski definition) is 10. The largest absolute Gasteiger partial charge is 0.447 e. The molecule has 11 nitrogen and oxygen atoms in total. The summed E-state index contributed by atoms with van der Waals surface area (Å²) < 4.78 is 40.3. The molecule has 0 saturated carbocycles. The Balaban J connectivity index is 0.000000413. The van der Waals surface area contributed by atoms with Crippen LogP contribution in [0.4, 0.5) is 19.5 Å². The number of rotatable bonds is 8. The van der Waals surface area contributed by atoms with E-state index in [-0.39, 0.29) is 24.9 Å². The molecular weight excluding hydrogens is 620 g/mol. The number of nitrogens with zero attached hydrogens (tertiary/aromatic N) is 6. The van der Waals surface area contributed by atoms with Gasteiger partial charge in [-0.15, -0.1) is 0 Å². The summed E-state index contributed by atoms with van der Waals surface area (Å²) in [5.41, 5.74) is 2.00. The number of carbonyl (C=O) groups excluding carboxylic acids is 1. The molecular formula is C35H51F2N7O4. The van der Waals surface area contributed by atoms with E-state index in [0.29, 0.717) is 42.4 Å². The highest BCUT2D eigenvalue weighted by Crippen LogP contribution is 2.21. The highest BCUT2D eigenvalue weighted by molar-refractivity contribution is 5.67. The van der Waals surface area contributed by atoms with Gasteiger partial charge in [-0.2, -0.15) is 4.98 Å². The van der Waals surface area contributed by atoms with Gasteiger partial charge in [-0.3, -0.25) is 0 Å². The van der Waals surface area contributed by atoms with Crippen molar-refractivity contribution in [1.29, 1.82) is 0 Å². The zero-order valence-corrected chi connectivity index (χ0v) is 29.3. The second-order valence-corrected chi connectivity index (χ2v) is 11.4. The van der Waals surface area contributed by atoms with Crippen LogP contribution in [-0.2, 0) is 16.1 Å². The van der Waals surface area contributed by atoms with Gasteiger partial charge in [-0.05, 0) is 66.1 Å². The maximum absolute atomic E-state index is 12.0. The molecule has 2 aliphatic heterocycles. The van der Waals surface area contributed by atoms with Gasteiger partial charge in [0.1, 0.15) is 18.2 Å². The normalized spacial score (nSPS) is 15.7. The van der Waals surface area contributed by atoms with Crippen molar-refractivity contribution in [3.8, 4) is 11.4 Å². The molecule has 3 aromatic rings. The molecule has 2 aliphatic rings. The van der Waals surface area contributed by atoms with Crippen LogP contribution in [0.5, 0.6) is 0 Å². The van der Waals surface area contributed by atoms with Crippen LogP contribution in [0.15, 0.2) is 65.5 Å². The van der Waals surface area contributed by atoms with Gasteiger partial charge >= 0.3 is 6.09 Å². The molecule has 2 saturated heterocycles. The Morgan fingerprint density at radius 3 is 2.23 bits per heavy atom. The maximum atomic E-state index is 12.0. The molecule has 1 aromatic carbocycles. The number of anilines is 1. The van der Waals surface area contributed by atoms with Gasteiger partial charge in [0, 0.05) is 50.7 Å². The zero-order valence-electron chi connectivity index (χ0n) is 29.3. The van der Waals surface area contributed by atoms with Gasteiger partial charge in [0.05, 0.1) is 17.8 Å². The minimum Gasteiger partial charge on any atom is -0.447 e. The standard InChI is InChI=1S/C21H31N7O4.C6H4F2.C6H10.C2H6/c1-14(2)31-21(29)27-8-5-17(6-9-27)30-13-18-25-19(26-32-18)15-10-23-20(24-11-15)28-7-4-16(12-28)22-3;7-5-2-1-3-6(8)4-5;1-4-5-6(2)3;1-2/h10-11,14,16-17,22H,4-9,12-13H2,1-3H3;1-4H;4-5H,1H2,2-3H3;1-2H3. The number of likely N-dealkylation sites (tertiary alicyclic amines) is 1. The highest BCUT2D eigenvalue weighted by atomic mass is 19.1. The summed E-state index contributed by atoms with van der Waals surface area (Å²) in [4.78, 5) is 29.2. The predicted octanol–water partition coefficient (Wildman–Crippen LogP) is 6.98. The summed E-state index contributed by atoms with van der Waals surface area (Å²) >= 11 is 0. The summed E-state index contributed by atoms with van der Waals surface area (Å²) in [5.74, 6) is 0.482. The fraction of sp³-hybridized carbons (Fsp3) is 0.514. The van der Waals surface area contributed by atoms with E-state index in [1.165, 1.54) is 23.8 Å². The summed E-state index contributed by atoms with van der Waals surface area (Å²) in [7, 11) is 1.97. The lowest BCUT2D eigenvalue weighted by atomic mass is 10.1. The monoisotopic (exact) mass is 671 g/mol.